The number of hydrogen-bond acceptors (Lipinski definition) is 3. The van der Waals surface area contributed by atoms with E-state index in [-0.39, 0.29) is 23.3 Å². The highest BCUT2D eigenvalue weighted by Crippen LogP contribution is 2.26. The number of nitrogens with one attached hydrogen (secondary N) is 1. The fourth-order valence-electron chi connectivity index (χ4n) is 3.11. The molecule has 3 aromatic carbocycles. The van der Waals surface area contributed by atoms with Gasteiger partial charge in [0.05, 0.1) is 17.9 Å². The molecule has 134 valence electrons. The van der Waals surface area contributed by atoms with Gasteiger partial charge in [-0.15, -0.1) is 0 Å². The van der Waals surface area contributed by atoms with Crippen LogP contribution in [0.5, 0.6) is 5.75 Å². The molecule has 0 unspecified atom stereocenters. The maximum atomic E-state index is 12.7. The lowest BCUT2D eigenvalue weighted by atomic mass is 10.0. The number of hydrogen-bond donors (Lipinski definition) is 2. The second-order valence-electron chi connectivity index (χ2n) is 6.47. The molecule has 0 spiro atoms. The first kappa shape index (κ1) is 16.8. The summed E-state index contributed by atoms with van der Waals surface area (Å²) >= 11 is 0. The zero-order valence-electron chi connectivity index (χ0n) is 14.8. The second-order valence-corrected chi connectivity index (χ2v) is 6.47. The number of carbonyl (C=O) groups excluding carboxylic acids is 1. The van der Waals surface area contributed by atoms with Crippen molar-refractivity contribution in [3.63, 3.8) is 0 Å². The lowest BCUT2D eigenvalue weighted by Crippen LogP contribution is -2.26. The average molecular weight is 357 g/mol. The minimum Gasteiger partial charge on any atom is -0.507 e. The van der Waals surface area contributed by atoms with Gasteiger partial charge in [-0.25, -0.2) is 4.98 Å². The number of amides is 1. The first-order chi connectivity index (χ1) is 13.1. The van der Waals surface area contributed by atoms with Crippen molar-refractivity contribution in [1.29, 1.82) is 0 Å². The van der Waals surface area contributed by atoms with E-state index in [1.807, 2.05) is 66.2 Å². The first-order valence-corrected chi connectivity index (χ1v) is 8.73. The van der Waals surface area contributed by atoms with Gasteiger partial charge in [0.15, 0.2) is 0 Å². The molecule has 0 bridgehead atoms. The molecule has 2 N–H and O–H groups in total. The van der Waals surface area contributed by atoms with Crippen LogP contribution in [-0.4, -0.2) is 20.6 Å². The van der Waals surface area contributed by atoms with Crippen LogP contribution in [0.1, 0.15) is 28.9 Å². The minimum atomic E-state index is -0.301. The van der Waals surface area contributed by atoms with Gasteiger partial charge in [0, 0.05) is 18.1 Å². The third-order valence-electron chi connectivity index (χ3n) is 4.65. The van der Waals surface area contributed by atoms with Gasteiger partial charge in [-0.1, -0.05) is 36.4 Å². The number of imidazole rings is 1. The molecule has 27 heavy (non-hydrogen) atoms. The Kier molecular flexibility index (Phi) is 4.34. The van der Waals surface area contributed by atoms with E-state index in [2.05, 4.69) is 10.3 Å². The summed E-state index contributed by atoms with van der Waals surface area (Å²) in [6, 6.07) is 18.7. The number of benzene rings is 3. The van der Waals surface area contributed by atoms with E-state index in [1.165, 1.54) is 0 Å². The zero-order chi connectivity index (χ0) is 18.8. The van der Waals surface area contributed by atoms with Crippen LogP contribution < -0.4 is 5.32 Å². The second kappa shape index (κ2) is 6.96. The van der Waals surface area contributed by atoms with E-state index in [9.17, 15) is 9.90 Å². The topological polar surface area (TPSA) is 67.2 Å². The van der Waals surface area contributed by atoms with Gasteiger partial charge < -0.3 is 15.0 Å². The minimum absolute atomic E-state index is 0.0196. The SMILES string of the molecule is C[C@@H](NC(=O)c1cc2ccccc2cc1O)c1ccc(-n2ccnc2)cc1. The molecule has 4 rings (SSSR count). The number of aromatic nitrogens is 2. The highest BCUT2D eigenvalue weighted by molar-refractivity contribution is 6.01. The molecule has 0 aliphatic carbocycles. The summed E-state index contributed by atoms with van der Waals surface area (Å²) in [4.78, 5) is 16.7. The normalized spacial score (nSPS) is 12.0. The van der Waals surface area contributed by atoms with Gasteiger partial charge in [0.1, 0.15) is 5.75 Å². The van der Waals surface area contributed by atoms with E-state index < -0.39 is 0 Å². The molecule has 0 aliphatic heterocycles. The third-order valence-corrected chi connectivity index (χ3v) is 4.65. The standard InChI is InChI=1S/C22H19N3O2/c1-15(16-6-8-19(9-7-16)25-11-10-23-14-25)24-22(27)20-12-17-4-2-3-5-18(17)13-21(20)26/h2-15,26H,1H3,(H,24,27)/t15-/m1/s1. The van der Waals surface area contributed by atoms with Crippen LogP contribution in [0.25, 0.3) is 16.5 Å². The van der Waals surface area contributed by atoms with Crippen LogP contribution in [0, 0.1) is 0 Å². The number of phenols is 1. The highest BCUT2D eigenvalue weighted by Gasteiger charge is 2.16. The Hall–Kier alpha value is -3.60. The molecule has 0 saturated heterocycles. The fraction of sp³-hybridized carbons (Fsp3) is 0.0909. The molecular weight excluding hydrogens is 338 g/mol. The molecule has 1 heterocycles. The number of carbonyl (C=O) groups is 1. The van der Waals surface area contributed by atoms with E-state index in [1.54, 1.807) is 24.7 Å². The molecule has 5 nitrogen and oxygen atoms in total. The average Bonchev–Trinajstić information content (AvgIpc) is 3.22. The van der Waals surface area contributed by atoms with Gasteiger partial charge in [-0.3, -0.25) is 4.79 Å². The van der Waals surface area contributed by atoms with Crippen LogP contribution in [0.15, 0.2) is 79.4 Å². The lowest BCUT2D eigenvalue weighted by Gasteiger charge is -2.16. The molecule has 1 amide bonds. The van der Waals surface area contributed by atoms with Gasteiger partial charge in [0.25, 0.3) is 5.91 Å². The molecule has 0 saturated carbocycles. The van der Waals surface area contributed by atoms with Gasteiger partial charge in [-0.2, -0.15) is 0 Å². The number of fused-ring (bicyclic) bond motifs is 1. The largest absolute Gasteiger partial charge is 0.507 e. The molecule has 4 aromatic rings. The van der Waals surface area contributed by atoms with Crippen LogP contribution in [0.2, 0.25) is 0 Å². The Morgan fingerprint density at radius 3 is 2.44 bits per heavy atom. The van der Waals surface area contributed by atoms with Gasteiger partial charge >= 0.3 is 0 Å². The van der Waals surface area contributed by atoms with E-state index in [4.69, 9.17) is 0 Å². The number of phenolic OH excluding ortho intramolecular Hbond substituents is 1. The highest BCUT2D eigenvalue weighted by atomic mass is 16.3. The lowest BCUT2D eigenvalue weighted by molar-refractivity contribution is 0.0937. The maximum Gasteiger partial charge on any atom is 0.255 e. The molecule has 0 fully saturated rings. The number of nitrogens with zero attached hydrogens (tertiary/aromatic N) is 2. The van der Waals surface area contributed by atoms with Crippen molar-refractivity contribution in [2.75, 3.05) is 0 Å². The van der Waals surface area contributed by atoms with Crippen molar-refractivity contribution in [2.24, 2.45) is 0 Å². The van der Waals surface area contributed by atoms with Gasteiger partial charge in [0.2, 0.25) is 0 Å². The van der Waals surface area contributed by atoms with E-state index >= 15 is 0 Å². The molecule has 1 aromatic heterocycles. The Morgan fingerprint density at radius 2 is 1.78 bits per heavy atom. The van der Waals surface area contributed by atoms with Crippen LogP contribution >= 0.6 is 0 Å². The number of rotatable bonds is 4. The summed E-state index contributed by atoms with van der Waals surface area (Å²) in [6.45, 7) is 1.92. The van der Waals surface area contributed by atoms with Crippen molar-refractivity contribution >= 4 is 16.7 Å². The third kappa shape index (κ3) is 3.40. The smallest absolute Gasteiger partial charge is 0.255 e. The van der Waals surface area contributed by atoms with Crippen molar-refractivity contribution in [2.45, 2.75) is 13.0 Å². The Balaban J connectivity index is 1.53. The number of aromatic hydroxyl groups is 1. The zero-order valence-corrected chi connectivity index (χ0v) is 14.8. The summed E-state index contributed by atoms with van der Waals surface area (Å²) in [7, 11) is 0. The molecule has 5 heteroatoms. The summed E-state index contributed by atoms with van der Waals surface area (Å²) in [5.74, 6) is -0.321. The van der Waals surface area contributed by atoms with Gasteiger partial charge in [-0.05, 0) is 47.5 Å². The predicted octanol–water partition coefficient (Wildman–Crippen LogP) is 4.22. The van der Waals surface area contributed by atoms with Crippen molar-refractivity contribution in [3.05, 3.63) is 90.5 Å². The predicted molar refractivity (Wildman–Crippen MR) is 105 cm³/mol. The van der Waals surface area contributed by atoms with Crippen LogP contribution in [0.3, 0.4) is 0 Å². The molecule has 0 aliphatic rings. The summed E-state index contributed by atoms with van der Waals surface area (Å²) < 4.78 is 1.92. The quantitative estimate of drug-likeness (QED) is 0.575. The Morgan fingerprint density at radius 1 is 1.07 bits per heavy atom. The van der Waals surface area contributed by atoms with Crippen LogP contribution in [0.4, 0.5) is 0 Å². The molecule has 1 atom stereocenters. The molecular formula is C22H19N3O2. The van der Waals surface area contributed by atoms with Crippen molar-refractivity contribution in [3.8, 4) is 11.4 Å². The molecule has 0 radical (unpaired) electrons. The summed E-state index contributed by atoms with van der Waals surface area (Å²) in [5, 5.41) is 15.0. The van der Waals surface area contributed by atoms with Crippen molar-refractivity contribution in [1.82, 2.24) is 14.9 Å². The van der Waals surface area contributed by atoms with E-state index in [0.717, 1.165) is 22.0 Å². The summed E-state index contributed by atoms with van der Waals surface area (Å²) in [5.41, 5.74) is 2.25. The fourth-order valence-corrected chi connectivity index (χ4v) is 3.11. The Bertz CT molecular complexity index is 1090. The maximum absolute atomic E-state index is 12.7. The first-order valence-electron chi connectivity index (χ1n) is 8.73. The van der Waals surface area contributed by atoms with Crippen molar-refractivity contribution < 1.29 is 9.90 Å². The summed E-state index contributed by atoms with van der Waals surface area (Å²) in [6.07, 6.45) is 5.35. The van der Waals surface area contributed by atoms with E-state index in [0.29, 0.717) is 0 Å². The monoisotopic (exact) mass is 357 g/mol. The van der Waals surface area contributed by atoms with Crippen LogP contribution in [-0.2, 0) is 0 Å². The Labute approximate surface area is 156 Å².